The van der Waals surface area contributed by atoms with E-state index in [1.165, 1.54) is 7.11 Å². The lowest BCUT2D eigenvalue weighted by molar-refractivity contribution is -0.137. The van der Waals surface area contributed by atoms with Crippen molar-refractivity contribution in [2.24, 2.45) is 5.41 Å². The number of amides is 1. The summed E-state index contributed by atoms with van der Waals surface area (Å²) in [7, 11) is -2.76. The van der Waals surface area contributed by atoms with Crippen LogP contribution in [0.25, 0.3) is 0 Å². The van der Waals surface area contributed by atoms with Crippen molar-refractivity contribution in [1.29, 1.82) is 0 Å². The predicted octanol–water partition coefficient (Wildman–Crippen LogP) is 3.33. The van der Waals surface area contributed by atoms with Gasteiger partial charge in [0, 0.05) is 22.5 Å². The molecule has 1 aromatic heterocycles. The summed E-state index contributed by atoms with van der Waals surface area (Å²) in [5, 5.41) is 0. The molecule has 0 atom stereocenters. The second kappa shape index (κ2) is 7.39. The van der Waals surface area contributed by atoms with E-state index in [1.807, 2.05) is 13.8 Å². The number of carbonyl (C=O) groups is 2. The lowest BCUT2D eigenvalue weighted by Gasteiger charge is -2.29. The minimum Gasteiger partial charge on any atom is -0.465 e. The fraction of sp³-hybridized carbons (Fsp3) is 0.429. The third-order valence-electron chi connectivity index (χ3n) is 5.77. The zero-order valence-corrected chi connectivity index (χ0v) is 18.8. The highest BCUT2D eigenvalue weighted by molar-refractivity contribution is 7.94. The zero-order chi connectivity index (χ0) is 21.7. The van der Waals surface area contributed by atoms with Crippen LogP contribution in [-0.2, 0) is 32.5 Å². The van der Waals surface area contributed by atoms with Crippen LogP contribution in [0, 0.1) is 12.3 Å². The van der Waals surface area contributed by atoms with Gasteiger partial charge in [-0.2, -0.15) is 0 Å². The summed E-state index contributed by atoms with van der Waals surface area (Å²) >= 11 is 1.04. The van der Waals surface area contributed by atoms with Gasteiger partial charge in [-0.3, -0.25) is 9.52 Å². The van der Waals surface area contributed by atoms with E-state index in [0.29, 0.717) is 30.8 Å². The maximum absolute atomic E-state index is 13.1. The molecule has 1 N–H and O–H groups in total. The number of nitrogens with zero attached hydrogens (tertiary/aromatic N) is 1. The monoisotopic (exact) mass is 448 g/mol. The first-order valence-electron chi connectivity index (χ1n) is 9.76. The van der Waals surface area contributed by atoms with Crippen molar-refractivity contribution in [3.05, 3.63) is 45.8 Å². The third kappa shape index (κ3) is 3.72. The maximum Gasteiger partial charge on any atom is 0.340 e. The Labute approximate surface area is 180 Å². The molecule has 2 heterocycles. The fourth-order valence-electron chi connectivity index (χ4n) is 3.66. The number of nitrogens with one attached hydrogen (secondary N) is 1. The normalized spacial score (nSPS) is 17.2. The Hall–Kier alpha value is -2.39. The number of thiophene rings is 1. The molecule has 2 aromatic rings. The molecule has 4 rings (SSSR count). The second-order valence-corrected chi connectivity index (χ2v) is 11.1. The average Bonchev–Trinajstić information content (AvgIpc) is 3.35. The van der Waals surface area contributed by atoms with Gasteiger partial charge in [0.25, 0.3) is 10.0 Å². The number of carbonyl (C=O) groups excluding carboxylic acids is 2. The highest BCUT2D eigenvalue weighted by atomic mass is 32.2. The minimum absolute atomic E-state index is 0.0631. The summed E-state index contributed by atoms with van der Waals surface area (Å²) in [5.74, 6) is -0.575. The Bertz CT molecular complexity index is 1120. The molecule has 0 saturated heterocycles. The van der Waals surface area contributed by atoms with Crippen molar-refractivity contribution in [3.63, 3.8) is 0 Å². The van der Waals surface area contributed by atoms with E-state index in [-0.39, 0.29) is 21.1 Å². The number of aryl methyl sites for hydroxylation is 1. The standard InChI is InChI=1S/C21H24N2O5S2/c1-13-4-6-14(7-5-13)22-30(26,27)19-17(18(24)28-3)15-8-11-23(12-16(15)29-19)20(25)21(2)9-10-21/h4-7,22H,8-12H2,1-3H3. The number of esters is 1. The first-order chi connectivity index (χ1) is 14.1. The smallest absolute Gasteiger partial charge is 0.340 e. The van der Waals surface area contributed by atoms with Crippen molar-refractivity contribution >= 4 is 38.9 Å². The number of sulfonamides is 1. The van der Waals surface area contributed by atoms with E-state index in [0.717, 1.165) is 34.6 Å². The molecule has 9 heteroatoms. The Morgan fingerprint density at radius 1 is 1.20 bits per heavy atom. The molecule has 160 valence electrons. The molecule has 2 aliphatic rings. The number of rotatable bonds is 5. The maximum atomic E-state index is 13.1. The van der Waals surface area contributed by atoms with Crippen LogP contribution in [0.3, 0.4) is 0 Å². The molecule has 1 aliphatic carbocycles. The van der Waals surface area contributed by atoms with Gasteiger partial charge in [0.05, 0.1) is 19.2 Å². The van der Waals surface area contributed by atoms with Crippen LogP contribution in [0.1, 0.15) is 46.1 Å². The highest BCUT2D eigenvalue weighted by Crippen LogP contribution is 2.47. The summed E-state index contributed by atoms with van der Waals surface area (Å²) in [4.78, 5) is 27.8. The molecule has 1 fully saturated rings. The zero-order valence-electron chi connectivity index (χ0n) is 17.1. The molecular weight excluding hydrogens is 424 g/mol. The first kappa shape index (κ1) is 20.9. The van der Waals surface area contributed by atoms with Crippen molar-refractivity contribution in [2.45, 2.75) is 43.9 Å². The van der Waals surface area contributed by atoms with Crippen molar-refractivity contribution in [2.75, 3.05) is 18.4 Å². The molecule has 0 spiro atoms. The van der Waals surface area contributed by atoms with Crippen molar-refractivity contribution in [3.8, 4) is 0 Å². The number of hydrogen-bond acceptors (Lipinski definition) is 6. The van der Waals surface area contributed by atoms with Crippen LogP contribution in [0.4, 0.5) is 5.69 Å². The lowest BCUT2D eigenvalue weighted by Crippen LogP contribution is -2.39. The third-order valence-corrected chi connectivity index (χ3v) is 8.88. The summed E-state index contributed by atoms with van der Waals surface area (Å²) in [6.45, 7) is 4.65. The second-order valence-electron chi connectivity index (χ2n) is 8.17. The number of methoxy groups -OCH3 is 1. The van der Waals surface area contributed by atoms with Crippen LogP contribution in [0.2, 0.25) is 0 Å². The van der Waals surface area contributed by atoms with Crippen LogP contribution in [0.15, 0.2) is 28.5 Å². The molecule has 1 amide bonds. The molecule has 7 nitrogen and oxygen atoms in total. The van der Waals surface area contributed by atoms with E-state index < -0.39 is 16.0 Å². The number of ether oxygens (including phenoxy) is 1. The first-order valence-corrected chi connectivity index (χ1v) is 12.1. The number of hydrogen-bond donors (Lipinski definition) is 1. The van der Waals surface area contributed by atoms with Gasteiger partial charge in [-0.15, -0.1) is 11.3 Å². The van der Waals surface area contributed by atoms with Crippen molar-refractivity contribution < 1.29 is 22.7 Å². The summed E-state index contributed by atoms with van der Waals surface area (Å²) < 4.78 is 33.7. The lowest BCUT2D eigenvalue weighted by atomic mass is 10.0. The van der Waals surface area contributed by atoms with Gasteiger partial charge in [-0.25, -0.2) is 13.2 Å². The Morgan fingerprint density at radius 3 is 2.47 bits per heavy atom. The minimum atomic E-state index is -4.00. The molecule has 0 unspecified atom stereocenters. The van der Waals surface area contributed by atoms with Gasteiger partial charge in [-0.05, 0) is 43.9 Å². The van der Waals surface area contributed by atoms with Gasteiger partial charge < -0.3 is 9.64 Å². The molecule has 1 aromatic carbocycles. The summed E-state index contributed by atoms with van der Waals surface area (Å²) in [6.07, 6.45) is 2.19. The summed E-state index contributed by atoms with van der Waals surface area (Å²) in [5.41, 5.74) is 1.89. The van der Waals surface area contributed by atoms with Crippen LogP contribution in [-0.4, -0.2) is 38.8 Å². The predicted molar refractivity (Wildman–Crippen MR) is 114 cm³/mol. The van der Waals surface area contributed by atoms with E-state index in [1.54, 1.807) is 29.2 Å². The van der Waals surface area contributed by atoms with E-state index in [2.05, 4.69) is 4.72 Å². The van der Waals surface area contributed by atoms with Crippen LogP contribution >= 0.6 is 11.3 Å². The molecule has 0 bridgehead atoms. The van der Waals surface area contributed by atoms with Gasteiger partial charge in [0.1, 0.15) is 0 Å². The number of anilines is 1. The molecular formula is C21H24N2O5S2. The quantitative estimate of drug-likeness (QED) is 0.709. The van der Waals surface area contributed by atoms with Gasteiger partial charge in [0.15, 0.2) is 4.21 Å². The van der Waals surface area contributed by atoms with E-state index in [4.69, 9.17) is 4.74 Å². The Kier molecular flexibility index (Phi) is 5.14. The topological polar surface area (TPSA) is 92.8 Å². The molecule has 30 heavy (non-hydrogen) atoms. The highest BCUT2D eigenvalue weighted by Gasteiger charge is 2.48. The van der Waals surface area contributed by atoms with Crippen LogP contribution < -0.4 is 4.72 Å². The van der Waals surface area contributed by atoms with Gasteiger partial charge in [0.2, 0.25) is 5.91 Å². The van der Waals surface area contributed by atoms with E-state index >= 15 is 0 Å². The van der Waals surface area contributed by atoms with E-state index in [9.17, 15) is 18.0 Å². The largest absolute Gasteiger partial charge is 0.465 e. The molecule has 1 saturated carbocycles. The Balaban J connectivity index is 1.70. The van der Waals surface area contributed by atoms with Crippen LogP contribution in [0.5, 0.6) is 0 Å². The molecule has 1 aliphatic heterocycles. The summed E-state index contributed by atoms with van der Waals surface area (Å²) in [6, 6.07) is 6.96. The fourth-order valence-corrected chi connectivity index (χ4v) is 6.62. The molecule has 0 radical (unpaired) electrons. The SMILES string of the molecule is COC(=O)c1c(S(=O)(=O)Nc2ccc(C)cc2)sc2c1CCN(C(=O)C1(C)CC1)C2. The average molecular weight is 449 g/mol. The Morgan fingerprint density at radius 2 is 1.87 bits per heavy atom. The van der Waals surface area contributed by atoms with Crippen molar-refractivity contribution in [1.82, 2.24) is 4.90 Å². The number of fused-ring (bicyclic) bond motifs is 1. The van der Waals surface area contributed by atoms with Gasteiger partial charge in [-0.1, -0.05) is 24.6 Å². The van der Waals surface area contributed by atoms with Gasteiger partial charge >= 0.3 is 5.97 Å². The number of benzene rings is 1.